The molecule has 0 amide bonds. The predicted octanol–water partition coefficient (Wildman–Crippen LogP) is 3.19. The first kappa shape index (κ1) is 15.7. The van der Waals surface area contributed by atoms with Crippen LogP contribution >= 0.6 is 11.6 Å². The van der Waals surface area contributed by atoms with Crippen LogP contribution in [0.3, 0.4) is 0 Å². The van der Waals surface area contributed by atoms with E-state index in [1.807, 2.05) is 34.6 Å². The summed E-state index contributed by atoms with van der Waals surface area (Å²) in [4.78, 5) is 8.94. The van der Waals surface area contributed by atoms with Crippen molar-refractivity contribution in [2.24, 2.45) is 0 Å². The highest BCUT2D eigenvalue weighted by Gasteiger charge is 2.14. The van der Waals surface area contributed by atoms with E-state index in [9.17, 15) is 0 Å². The van der Waals surface area contributed by atoms with Crippen molar-refractivity contribution in [3.8, 4) is 5.69 Å². The second-order valence-corrected chi connectivity index (χ2v) is 6.22. The summed E-state index contributed by atoms with van der Waals surface area (Å²) in [6, 6.07) is 3.95. The Kier molecular flexibility index (Phi) is 4.43. The van der Waals surface area contributed by atoms with Crippen LogP contribution in [0.25, 0.3) is 5.69 Å². The Hall–Kier alpha value is -2.21. The summed E-state index contributed by atoms with van der Waals surface area (Å²) in [5.74, 6) is 2.02. The largest absolute Gasteiger partial charge is 0.271 e. The molecule has 3 aromatic heterocycles. The molecule has 6 nitrogen and oxygen atoms in total. The van der Waals surface area contributed by atoms with Crippen LogP contribution in [0.15, 0.2) is 30.7 Å². The molecule has 0 aliphatic heterocycles. The number of pyridine rings is 1. The molecule has 0 N–H and O–H groups in total. The molecule has 23 heavy (non-hydrogen) atoms. The Morgan fingerprint density at radius 1 is 1.30 bits per heavy atom. The molecule has 0 unspecified atom stereocenters. The first-order valence-corrected chi connectivity index (χ1v) is 7.97. The van der Waals surface area contributed by atoms with E-state index in [2.05, 4.69) is 29.0 Å². The van der Waals surface area contributed by atoms with Crippen LogP contribution in [-0.2, 0) is 13.0 Å². The maximum atomic E-state index is 5.91. The van der Waals surface area contributed by atoms with Crippen molar-refractivity contribution >= 4 is 11.6 Å². The zero-order valence-electron chi connectivity index (χ0n) is 13.4. The number of aromatic nitrogens is 6. The number of aryl methyl sites for hydroxylation is 3. The van der Waals surface area contributed by atoms with Crippen molar-refractivity contribution < 1.29 is 0 Å². The SMILES string of the molecule is Cc1cc(-n2nc(C(C)C)nc2CCn2cc(Cl)cn2)ccn1. The van der Waals surface area contributed by atoms with E-state index in [1.165, 1.54) is 0 Å². The zero-order chi connectivity index (χ0) is 16.4. The molecule has 3 aromatic rings. The molecule has 0 aliphatic carbocycles. The van der Waals surface area contributed by atoms with Crippen molar-refractivity contribution in [2.75, 3.05) is 0 Å². The summed E-state index contributed by atoms with van der Waals surface area (Å²) in [5, 5.41) is 9.51. The van der Waals surface area contributed by atoms with Crippen LogP contribution < -0.4 is 0 Å². The lowest BCUT2D eigenvalue weighted by Crippen LogP contribution is -2.08. The predicted molar refractivity (Wildman–Crippen MR) is 88.9 cm³/mol. The minimum Gasteiger partial charge on any atom is -0.271 e. The summed E-state index contributed by atoms with van der Waals surface area (Å²) >= 11 is 5.91. The van der Waals surface area contributed by atoms with Crippen molar-refractivity contribution in [3.63, 3.8) is 0 Å². The quantitative estimate of drug-likeness (QED) is 0.720. The Morgan fingerprint density at radius 2 is 2.13 bits per heavy atom. The van der Waals surface area contributed by atoms with Gasteiger partial charge in [0.05, 0.1) is 16.9 Å². The second kappa shape index (κ2) is 6.50. The molecular weight excluding hydrogens is 312 g/mol. The number of halogens is 1. The highest BCUT2D eigenvalue weighted by molar-refractivity contribution is 6.30. The molecule has 0 radical (unpaired) electrons. The molecule has 7 heteroatoms. The van der Waals surface area contributed by atoms with Crippen molar-refractivity contribution in [2.45, 2.75) is 39.7 Å². The summed E-state index contributed by atoms with van der Waals surface area (Å²) < 4.78 is 3.71. The van der Waals surface area contributed by atoms with Gasteiger partial charge in [-0.2, -0.15) is 10.2 Å². The van der Waals surface area contributed by atoms with Gasteiger partial charge in [0.25, 0.3) is 0 Å². The van der Waals surface area contributed by atoms with E-state index in [1.54, 1.807) is 12.4 Å². The highest BCUT2D eigenvalue weighted by Crippen LogP contribution is 2.16. The van der Waals surface area contributed by atoms with Crippen LogP contribution in [0, 0.1) is 6.92 Å². The standard InChI is InChI=1S/C16H19ClN6/c1-11(2)16-20-15(5-7-22-10-13(17)9-19-22)23(21-16)14-4-6-18-12(3)8-14/h4,6,8-11H,5,7H2,1-3H3. The third-order valence-electron chi connectivity index (χ3n) is 3.50. The van der Waals surface area contributed by atoms with Crippen LogP contribution in [0.2, 0.25) is 5.02 Å². The molecule has 0 fully saturated rings. The Balaban J connectivity index is 1.91. The van der Waals surface area contributed by atoms with Crippen LogP contribution in [0.4, 0.5) is 0 Å². The monoisotopic (exact) mass is 330 g/mol. The summed E-state index contributed by atoms with van der Waals surface area (Å²) in [7, 11) is 0. The number of rotatable bonds is 5. The third-order valence-corrected chi connectivity index (χ3v) is 3.69. The van der Waals surface area contributed by atoms with Crippen molar-refractivity contribution in [3.05, 3.63) is 53.1 Å². The maximum absolute atomic E-state index is 5.91. The molecule has 0 bridgehead atoms. The number of hydrogen-bond acceptors (Lipinski definition) is 4. The van der Waals surface area contributed by atoms with Gasteiger partial charge >= 0.3 is 0 Å². The van der Waals surface area contributed by atoms with E-state index in [-0.39, 0.29) is 5.92 Å². The van der Waals surface area contributed by atoms with Crippen LogP contribution in [0.1, 0.15) is 37.1 Å². The molecule has 0 spiro atoms. The fraction of sp³-hybridized carbons (Fsp3) is 0.375. The molecule has 0 aromatic carbocycles. The van der Waals surface area contributed by atoms with Gasteiger partial charge in [-0.1, -0.05) is 25.4 Å². The lowest BCUT2D eigenvalue weighted by Gasteiger charge is -2.06. The lowest BCUT2D eigenvalue weighted by atomic mass is 10.2. The lowest BCUT2D eigenvalue weighted by molar-refractivity contribution is 0.591. The summed E-state index contributed by atoms with van der Waals surface area (Å²) in [6.07, 6.45) is 5.96. The Labute approximate surface area is 140 Å². The molecule has 120 valence electrons. The first-order chi connectivity index (χ1) is 11.0. The van der Waals surface area contributed by atoms with Gasteiger partial charge in [0.2, 0.25) is 0 Å². The minimum atomic E-state index is 0.275. The van der Waals surface area contributed by atoms with E-state index >= 15 is 0 Å². The molecule has 0 aliphatic rings. The molecule has 0 atom stereocenters. The van der Waals surface area contributed by atoms with Gasteiger partial charge in [-0.15, -0.1) is 0 Å². The molecular formula is C16H19ClN6. The van der Waals surface area contributed by atoms with Gasteiger partial charge in [-0.05, 0) is 19.1 Å². The smallest absolute Gasteiger partial charge is 0.153 e. The average molecular weight is 331 g/mol. The van der Waals surface area contributed by atoms with Gasteiger partial charge in [-0.25, -0.2) is 9.67 Å². The van der Waals surface area contributed by atoms with E-state index < -0.39 is 0 Å². The third kappa shape index (κ3) is 3.59. The summed E-state index contributed by atoms with van der Waals surface area (Å²) in [5.41, 5.74) is 1.93. The topological polar surface area (TPSA) is 61.4 Å². The van der Waals surface area contributed by atoms with Gasteiger partial charge in [-0.3, -0.25) is 9.67 Å². The van der Waals surface area contributed by atoms with Gasteiger partial charge in [0.1, 0.15) is 5.82 Å². The van der Waals surface area contributed by atoms with E-state index in [4.69, 9.17) is 16.6 Å². The zero-order valence-corrected chi connectivity index (χ0v) is 14.2. The maximum Gasteiger partial charge on any atom is 0.153 e. The Bertz CT molecular complexity index is 805. The van der Waals surface area contributed by atoms with E-state index in [0.717, 1.165) is 29.5 Å². The van der Waals surface area contributed by atoms with Gasteiger partial charge in [0, 0.05) is 37.0 Å². The van der Waals surface area contributed by atoms with Crippen molar-refractivity contribution in [1.29, 1.82) is 0 Å². The normalized spacial score (nSPS) is 11.3. The second-order valence-electron chi connectivity index (χ2n) is 5.78. The molecule has 0 saturated heterocycles. The molecule has 3 rings (SSSR count). The number of hydrogen-bond donors (Lipinski definition) is 0. The van der Waals surface area contributed by atoms with Gasteiger partial charge in [0.15, 0.2) is 5.82 Å². The first-order valence-electron chi connectivity index (χ1n) is 7.60. The molecule has 3 heterocycles. The average Bonchev–Trinajstić information content (AvgIpc) is 3.11. The highest BCUT2D eigenvalue weighted by atomic mass is 35.5. The minimum absolute atomic E-state index is 0.275. The Morgan fingerprint density at radius 3 is 2.78 bits per heavy atom. The number of nitrogens with zero attached hydrogens (tertiary/aromatic N) is 6. The van der Waals surface area contributed by atoms with E-state index in [0.29, 0.717) is 11.6 Å². The summed E-state index contributed by atoms with van der Waals surface area (Å²) in [6.45, 7) is 6.85. The molecule has 0 saturated carbocycles. The van der Waals surface area contributed by atoms with Crippen LogP contribution in [0.5, 0.6) is 0 Å². The fourth-order valence-electron chi connectivity index (χ4n) is 2.31. The fourth-order valence-corrected chi connectivity index (χ4v) is 2.47. The van der Waals surface area contributed by atoms with Crippen molar-refractivity contribution in [1.82, 2.24) is 29.5 Å². The van der Waals surface area contributed by atoms with Crippen LogP contribution in [-0.4, -0.2) is 29.5 Å². The van der Waals surface area contributed by atoms with Gasteiger partial charge < -0.3 is 0 Å².